The lowest BCUT2D eigenvalue weighted by molar-refractivity contribution is 0.460. The highest BCUT2D eigenvalue weighted by Gasteiger charge is 2.02. The van der Waals surface area contributed by atoms with Crippen LogP contribution in [0.2, 0.25) is 5.15 Å². The highest BCUT2D eigenvalue weighted by molar-refractivity contribution is 6.29. The summed E-state index contributed by atoms with van der Waals surface area (Å²) in [5, 5.41) is 0.381. The molecule has 94 valence electrons. The Bertz CT molecular complexity index is 575. The zero-order valence-electron chi connectivity index (χ0n) is 10.2. The Morgan fingerprint density at radius 1 is 1.24 bits per heavy atom. The fraction of sp³-hybridized carbons (Fsp3) is 0.364. The van der Waals surface area contributed by atoms with E-state index in [1.807, 2.05) is 27.7 Å². The molecule has 0 saturated heterocycles. The quantitative estimate of drug-likeness (QED) is 0.737. The van der Waals surface area contributed by atoms with Crippen molar-refractivity contribution in [2.45, 2.75) is 27.7 Å². The second kappa shape index (κ2) is 7.62. The molecule has 0 spiro atoms. The van der Waals surface area contributed by atoms with Gasteiger partial charge in [-0.2, -0.15) is 0 Å². The molecule has 17 heavy (non-hydrogen) atoms. The van der Waals surface area contributed by atoms with Crippen molar-refractivity contribution in [3.05, 3.63) is 38.4 Å². The number of halogens is 1. The van der Waals surface area contributed by atoms with Crippen LogP contribution in [0.25, 0.3) is 10.9 Å². The molecule has 2 aromatic heterocycles. The van der Waals surface area contributed by atoms with Gasteiger partial charge in [0.2, 0.25) is 0 Å². The van der Waals surface area contributed by atoms with Gasteiger partial charge in [-0.25, -0.2) is 14.6 Å². The van der Waals surface area contributed by atoms with Gasteiger partial charge >= 0.3 is 11.4 Å². The Morgan fingerprint density at radius 2 is 1.82 bits per heavy atom. The number of nitrogens with one attached hydrogen (secondary N) is 1. The first-order chi connectivity index (χ1) is 8.16. The standard InChI is InChI=1S/C7H3ClN2O3.2C2H6/c8-5-1-3-4(2-9-5)10-7(12)13-6(3)11;2*1-2/h1-2H,(H,10,12);2*1-2H3. The second-order valence-electron chi connectivity index (χ2n) is 2.35. The summed E-state index contributed by atoms with van der Waals surface area (Å²) in [7, 11) is 0. The zero-order valence-corrected chi connectivity index (χ0v) is 11.0. The lowest BCUT2D eigenvalue weighted by Crippen LogP contribution is -2.14. The van der Waals surface area contributed by atoms with Gasteiger partial charge in [0.25, 0.3) is 0 Å². The number of pyridine rings is 1. The number of H-pyrrole nitrogens is 1. The predicted molar refractivity (Wildman–Crippen MR) is 68.6 cm³/mol. The number of fused-ring (bicyclic) bond motifs is 1. The molecule has 0 bridgehead atoms. The van der Waals surface area contributed by atoms with Crippen molar-refractivity contribution >= 4 is 22.5 Å². The van der Waals surface area contributed by atoms with E-state index in [1.54, 1.807) is 0 Å². The predicted octanol–water partition coefficient (Wildman–Crippen LogP) is 2.58. The molecule has 0 aliphatic heterocycles. The maximum Gasteiger partial charge on any atom is 0.419 e. The lowest BCUT2D eigenvalue weighted by atomic mass is 10.3. The van der Waals surface area contributed by atoms with Gasteiger partial charge in [-0.05, 0) is 6.07 Å². The number of aromatic nitrogens is 2. The van der Waals surface area contributed by atoms with Crippen LogP contribution < -0.4 is 11.4 Å². The van der Waals surface area contributed by atoms with Crippen molar-refractivity contribution in [1.29, 1.82) is 0 Å². The minimum absolute atomic E-state index is 0.173. The summed E-state index contributed by atoms with van der Waals surface area (Å²) >= 11 is 5.55. The monoisotopic (exact) mass is 258 g/mol. The number of hydrogen-bond acceptors (Lipinski definition) is 4. The molecule has 0 atom stereocenters. The highest BCUT2D eigenvalue weighted by atomic mass is 35.5. The van der Waals surface area contributed by atoms with Crippen LogP contribution in [0.4, 0.5) is 0 Å². The maximum absolute atomic E-state index is 11.1. The second-order valence-corrected chi connectivity index (χ2v) is 2.74. The van der Waals surface area contributed by atoms with E-state index >= 15 is 0 Å². The van der Waals surface area contributed by atoms with Crippen LogP contribution in [0.5, 0.6) is 0 Å². The van der Waals surface area contributed by atoms with Gasteiger partial charge in [0.15, 0.2) is 0 Å². The summed E-state index contributed by atoms with van der Waals surface area (Å²) in [5.41, 5.74) is -0.409. The van der Waals surface area contributed by atoms with E-state index in [4.69, 9.17) is 11.6 Å². The van der Waals surface area contributed by atoms with Crippen molar-refractivity contribution < 1.29 is 4.42 Å². The first-order valence-electron chi connectivity index (χ1n) is 5.35. The molecule has 2 rings (SSSR count). The molecule has 2 aromatic rings. The smallest absolute Gasteiger partial charge is 0.372 e. The van der Waals surface area contributed by atoms with Crippen molar-refractivity contribution in [2.24, 2.45) is 0 Å². The van der Waals surface area contributed by atoms with Gasteiger partial charge in [-0.1, -0.05) is 39.3 Å². The molecule has 0 aromatic carbocycles. The van der Waals surface area contributed by atoms with Gasteiger partial charge in [-0.15, -0.1) is 0 Å². The fourth-order valence-electron chi connectivity index (χ4n) is 0.973. The van der Waals surface area contributed by atoms with Crippen LogP contribution in [0, 0.1) is 0 Å². The van der Waals surface area contributed by atoms with Crippen LogP contribution >= 0.6 is 11.6 Å². The summed E-state index contributed by atoms with van der Waals surface area (Å²) < 4.78 is 4.29. The molecular weight excluding hydrogens is 244 g/mol. The Hall–Kier alpha value is -1.62. The molecule has 0 amide bonds. The SMILES string of the molecule is CC.CC.O=c1[nH]c2cnc(Cl)cc2c(=O)o1. The minimum atomic E-state index is -0.804. The van der Waals surface area contributed by atoms with Crippen LogP contribution in [0.1, 0.15) is 27.7 Å². The Balaban J connectivity index is 0.000000581. The molecule has 0 aliphatic carbocycles. The maximum atomic E-state index is 11.1. The Kier molecular flexibility index (Phi) is 6.89. The average Bonchev–Trinajstić information content (AvgIpc) is 2.35. The number of rotatable bonds is 0. The number of nitrogens with zero attached hydrogens (tertiary/aromatic N) is 1. The molecule has 0 saturated carbocycles. The number of hydrogen-bond donors (Lipinski definition) is 1. The van der Waals surface area contributed by atoms with Gasteiger partial charge in [0.05, 0.1) is 17.1 Å². The zero-order chi connectivity index (χ0) is 13.4. The van der Waals surface area contributed by atoms with Crippen LogP contribution in [-0.4, -0.2) is 9.97 Å². The van der Waals surface area contributed by atoms with E-state index in [9.17, 15) is 9.59 Å². The van der Waals surface area contributed by atoms with E-state index in [0.29, 0.717) is 5.52 Å². The van der Waals surface area contributed by atoms with Crippen LogP contribution in [0.15, 0.2) is 26.3 Å². The molecular formula is C11H15ClN2O3. The molecule has 0 radical (unpaired) electrons. The average molecular weight is 259 g/mol. The first kappa shape index (κ1) is 15.4. The van der Waals surface area contributed by atoms with Crippen molar-refractivity contribution in [3.8, 4) is 0 Å². The van der Waals surface area contributed by atoms with Crippen molar-refractivity contribution in [3.63, 3.8) is 0 Å². The van der Waals surface area contributed by atoms with Crippen molar-refractivity contribution in [1.82, 2.24) is 9.97 Å². The largest absolute Gasteiger partial charge is 0.419 e. The molecule has 1 N–H and O–H groups in total. The third-order valence-corrected chi connectivity index (χ3v) is 1.72. The minimum Gasteiger partial charge on any atom is -0.372 e. The van der Waals surface area contributed by atoms with Crippen LogP contribution in [0.3, 0.4) is 0 Å². The summed E-state index contributed by atoms with van der Waals surface area (Å²) in [6, 6.07) is 1.33. The van der Waals surface area contributed by atoms with E-state index < -0.39 is 11.4 Å². The van der Waals surface area contributed by atoms with Crippen molar-refractivity contribution in [2.75, 3.05) is 0 Å². The van der Waals surface area contributed by atoms with Gasteiger partial charge in [-0.3, -0.25) is 4.98 Å². The normalized spacial score (nSPS) is 8.76. The first-order valence-corrected chi connectivity index (χ1v) is 5.73. The summed E-state index contributed by atoms with van der Waals surface area (Å²) in [4.78, 5) is 27.8. The molecule has 0 unspecified atom stereocenters. The fourth-order valence-corrected chi connectivity index (χ4v) is 1.13. The molecule has 6 heteroatoms. The van der Waals surface area contributed by atoms with Crippen LogP contribution in [-0.2, 0) is 0 Å². The van der Waals surface area contributed by atoms with E-state index in [1.165, 1.54) is 12.3 Å². The third-order valence-electron chi connectivity index (χ3n) is 1.51. The highest BCUT2D eigenvalue weighted by Crippen LogP contribution is 2.09. The van der Waals surface area contributed by atoms with E-state index in [0.717, 1.165) is 0 Å². The van der Waals surface area contributed by atoms with E-state index in [-0.39, 0.29) is 10.5 Å². The summed E-state index contributed by atoms with van der Waals surface area (Å²) in [6.07, 6.45) is 1.30. The molecule has 0 aliphatic rings. The summed E-state index contributed by atoms with van der Waals surface area (Å²) in [5.74, 6) is -0.804. The Morgan fingerprint density at radius 3 is 2.41 bits per heavy atom. The van der Waals surface area contributed by atoms with Gasteiger partial charge < -0.3 is 4.42 Å². The third kappa shape index (κ3) is 4.03. The van der Waals surface area contributed by atoms with E-state index in [2.05, 4.69) is 14.4 Å². The molecule has 5 nitrogen and oxygen atoms in total. The number of aromatic amines is 1. The topological polar surface area (TPSA) is 76.0 Å². The van der Waals surface area contributed by atoms with Gasteiger partial charge in [0.1, 0.15) is 5.15 Å². The Labute approximate surface area is 103 Å². The summed E-state index contributed by atoms with van der Waals surface area (Å²) in [6.45, 7) is 8.00. The van der Waals surface area contributed by atoms with Gasteiger partial charge in [0, 0.05) is 0 Å². The lowest BCUT2D eigenvalue weighted by Gasteiger charge is -1.93. The molecule has 2 heterocycles. The molecule has 0 fully saturated rings.